The van der Waals surface area contributed by atoms with Crippen LogP contribution in [-0.2, 0) is 17.0 Å². The Balaban J connectivity index is 1.54. The summed E-state index contributed by atoms with van der Waals surface area (Å²) >= 11 is 3.41. The molecule has 8 nitrogen and oxygen atoms in total. The highest BCUT2D eigenvalue weighted by Gasteiger charge is 2.39. The smallest absolute Gasteiger partial charge is 0.281 e. The van der Waals surface area contributed by atoms with Crippen molar-refractivity contribution in [3.63, 3.8) is 0 Å². The Morgan fingerprint density at radius 2 is 1.62 bits per heavy atom. The van der Waals surface area contributed by atoms with E-state index in [-0.39, 0.29) is 12.3 Å². The normalized spacial score (nSPS) is 11.3. The van der Waals surface area contributed by atoms with Gasteiger partial charge in [-0.05, 0) is 34.9 Å². The molecule has 0 heterocycles. The minimum Gasteiger partial charge on any atom is -0.488 e. The number of aliphatic hydroxyl groups is 1. The molecule has 0 fully saturated rings. The molecule has 0 radical (unpaired) electrons. The number of benzene rings is 4. The molecule has 0 saturated heterocycles. The van der Waals surface area contributed by atoms with Gasteiger partial charge < -0.3 is 9.84 Å². The molecular formula is C28H22BrN3O5. The summed E-state index contributed by atoms with van der Waals surface area (Å²) in [7, 11) is 0. The Morgan fingerprint density at radius 3 is 2.24 bits per heavy atom. The van der Waals surface area contributed by atoms with Crippen LogP contribution in [0.2, 0.25) is 0 Å². The van der Waals surface area contributed by atoms with Crippen LogP contribution in [-0.4, -0.2) is 22.2 Å². The summed E-state index contributed by atoms with van der Waals surface area (Å²) in [5.74, 6) is -0.274. The van der Waals surface area contributed by atoms with Crippen LogP contribution >= 0.6 is 15.9 Å². The third kappa shape index (κ3) is 6.08. The van der Waals surface area contributed by atoms with Crippen LogP contribution < -0.4 is 10.2 Å². The molecule has 4 rings (SSSR count). The minimum absolute atomic E-state index is 0.0225. The molecule has 0 atom stereocenters. The molecule has 9 heteroatoms. The zero-order chi connectivity index (χ0) is 26.3. The average molecular weight is 560 g/mol. The van der Waals surface area contributed by atoms with Gasteiger partial charge in [-0.25, -0.2) is 5.43 Å². The summed E-state index contributed by atoms with van der Waals surface area (Å²) in [6.07, 6.45) is 1.40. The van der Waals surface area contributed by atoms with Gasteiger partial charge in [0.05, 0.1) is 11.1 Å². The molecule has 4 aromatic rings. The first kappa shape index (κ1) is 25.7. The molecule has 0 unspecified atom stereocenters. The lowest BCUT2D eigenvalue weighted by Gasteiger charge is -2.27. The second-order valence-corrected chi connectivity index (χ2v) is 8.96. The van der Waals surface area contributed by atoms with Crippen LogP contribution in [0.1, 0.15) is 22.3 Å². The zero-order valence-electron chi connectivity index (χ0n) is 19.5. The van der Waals surface area contributed by atoms with Crippen molar-refractivity contribution in [3.05, 3.63) is 140 Å². The van der Waals surface area contributed by atoms with Crippen molar-refractivity contribution < 1.29 is 19.6 Å². The van der Waals surface area contributed by atoms with Crippen LogP contribution in [0.4, 0.5) is 5.69 Å². The number of nitrogens with one attached hydrogen (secondary N) is 1. The second-order valence-electron chi connectivity index (χ2n) is 8.04. The number of hydrogen-bond donors (Lipinski definition) is 2. The molecular weight excluding hydrogens is 538 g/mol. The molecule has 186 valence electrons. The lowest BCUT2D eigenvalue weighted by atomic mass is 9.85. The van der Waals surface area contributed by atoms with Crippen molar-refractivity contribution in [2.75, 3.05) is 0 Å². The number of hydrazone groups is 1. The van der Waals surface area contributed by atoms with Crippen molar-refractivity contribution >= 4 is 33.7 Å². The number of non-ortho nitro benzene ring substituents is 1. The fourth-order valence-corrected chi connectivity index (χ4v) is 4.08. The molecule has 4 aromatic carbocycles. The number of carbonyl (C=O) groups is 1. The van der Waals surface area contributed by atoms with E-state index < -0.39 is 16.4 Å². The number of rotatable bonds is 9. The van der Waals surface area contributed by atoms with E-state index in [9.17, 15) is 20.0 Å². The third-order valence-electron chi connectivity index (χ3n) is 5.57. The lowest BCUT2D eigenvalue weighted by Crippen LogP contribution is -2.43. The Hall–Kier alpha value is -4.34. The number of halogens is 1. The van der Waals surface area contributed by atoms with Crippen molar-refractivity contribution in [3.8, 4) is 5.75 Å². The number of hydrogen-bond acceptors (Lipinski definition) is 6. The van der Waals surface area contributed by atoms with Crippen LogP contribution in [0, 0.1) is 10.1 Å². The van der Waals surface area contributed by atoms with E-state index in [1.54, 1.807) is 91.0 Å². The second kappa shape index (κ2) is 11.6. The molecule has 0 saturated carbocycles. The third-order valence-corrected chi connectivity index (χ3v) is 6.06. The highest BCUT2D eigenvalue weighted by Crippen LogP contribution is 2.30. The predicted octanol–water partition coefficient (Wildman–Crippen LogP) is 5.32. The van der Waals surface area contributed by atoms with Crippen molar-refractivity contribution in [1.82, 2.24) is 5.43 Å². The standard InChI is InChI=1S/C28H22BrN3O5/c29-24-14-15-26(37-19-20-8-7-13-25(16-20)32(35)36)21(17-24)18-30-31-27(33)28(34,22-9-3-1-4-10-22)23-11-5-2-6-12-23/h1-18,34H,19H2,(H,31,33)/b30-18-. The highest BCUT2D eigenvalue weighted by molar-refractivity contribution is 9.10. The number of nitro benzene ring substituents is 1. The summed E-state index contributed by atoms with van der Waals surface area (Å²) in [5.41, 5.74) is 2.44. The summed E-state index contributed by atoms with van der Waals surface area (Å²) in [6.45, 7) is 0.0955. The highest BCUT2D eigenvalue weighted by atomic mass is 79.9. The molecule has 0 spiro atoms. The Labute approximate surface area is 221 Å². The largest absolute Gasteiger partial charge is 0.488 e. The molecule has 37 heavy (non-hydrogen) atoms. The van der Waals surface area contributed by atoms with Gasteiger partial charge in [-0.15, -0.1) is 0 Å². The van der Waals surface area contributed by atoms with Crippen LogP contribution in [0.5, 0.6) is 5.75 Å². The average Bonchev–Trinajstić information content (AvgIpc) is 2.93. The van der Waals surface area contributed by atoms with E-state index in [0.29, 0.717) is 28.0 Å². The maximum atomic E-state index is 13.2. The van der Waals surface area contributed by atoms with Gasteiger partial charge in [0.25, 0.3) is 11.6 Å². The van der Waals surface area contributed by atoms with E-state index in [4.69, 9.17) is 4.74 Å². The number of amides is 1. The fraction of sp³-hybridized carbons (Fsp3) is 0.0714. The fourth-order valence-electron chi connectivity index (χ4n) is 3.70. The van der Waals surface area contributed by atoms with Crippen molar-refractivity contribution in [2.24, 2.45) is 5.10 Å². The van der Waals surface area contributed by atoms with Crippen LogP contribution in [0.15, 0.2) is 113 Å². The predicted molar refractivity (Wildman–Crippen MR) is 143 cm³/mol. The number of nitrogens with zero attached hydrogens (tertiary/aromatic N) is 2. The first-order valence-electron chi connectivity index (χ1n) is 11.2. The zero-order valence-corrected chi connectivity index (χ0v) is 21.0. The van der Waals surface area contributed by atoms with Crippen LogP contribution in [0.25, 0.3) is 0 Å². The van der Waals surface area contributed by atoms with Gasteiger partial charge in [0.15, 0.2) is 5.60 Å². The molecule has 1 amide bonds. The molecule has 0 aromatic heterocycles. The maximum absolute atomic E-state index is 13.2. The topological polar surface area (TPSA) is 114 Å². The van der Waals surface area contributed by atoms with E-state index in [1.165, 1.54) is 18.3 Å². The van der Waals surface area contributed by atoms with Gasteiger partial charge in [-0.1, -0.05) is 88.7 Å². The van der Waals surface area contributed by atoms with Crippen molar-refractivity contribution in [2.45, 2.75) is 12.2 Å². The van der Waals surface area contributed by atoms with Gasteiger partial charge in [0.2, 0.25) is 0 Å². The monoisotopic (exact) mass is 559 g/mol. The Kier molecular flexibility index (Phi) is 8.07. The molecule has 2 N–H and O–H groups in total. The summed E-state index contributed by atoms with van der Waals surface area (Å²) in [6, 6.07) is 28.7. The number of carbonyl (C=O) groups excluding carboxylic acids is 1. The van der Waals surface area contributed by atoms with E-state index in [1.807, 2.05) is 0 Å². The van der Waals surface area contributed by atoms with Gasteiger partial charge in [-0.3, -0.25) is 14.9 Å². The van der Waals surface area contributed by atoms with Gasteiger partial charge >= 0.3 is 0 Å². The van der Waals surface area contributed by atoms with Gasteiger partial charge in [0.1, 0.15) is 12.4 Å². The summed E-state index contributed by atoms with van der Waals surface area (Å²) < 4.78 is 6.64. The van der Waals surface area contributed by atoms with E-state index >= 15 is 0 Å². The number of ether oxygens (including phenoxy) is 1. The quantitative estimate of drug-likeness (QED) is 0.163. The molecule has 0 aliphatic rings. The molecule has 0 aliphatic heterocycles. The van der Waals surface area contributed by atoms with E-state index in [2.05, 4.69) is 26.5 Å². The van der Waals surface area contributed by atoms with Crippen molar-refractivity contribution in [1.29, 1.82) is 0 Å². The first-order valence-corrected chi connectivity index (χ1v) is 12.0. The SMILES string of the molecule is O=C(N/N=C\c1cc(Br)ccc1OCc1cccc([N+](=O)[O-])c1)C(O)(c1ccccc1)c1ccccc1. The maximum Gasteiger partial charge on any atom is 0.281 e. The summed E-state index contributed by atoms with van der Waals surface area (Å²) in [5, 5.41) is 26.6. The molecule has 0 bridgehead atoms. The van der Waals surface area contributed by atoms with Gasteiger partial charge in [-0.2, -0.15) is 5.10 Å². The Bertz CT molecular complexity index is 1390. The summed E-state index contributed by atoms with van der Waals surface area (Å²) in [4.78, 5) is 23.8. The lowest BCUT2D eigenvalue weighted by molar-refractivity contribution is -0.384. The number of nitro groups is 1. The van der Waals surface area contributed by atoms with Crippen LogP contribution in [0.3, 0.4) is 0 Å². The molecule has 0 aliphatic carbocycles. The van der Waals surface area contributed by atoms with Gasteiger partial charge in [0, 0.05) is 22.2 Å². The minimum atomic E-state index is -1.96. The first-order chi connectivity index (χ1) is 17.9. The Morgan fingerprint density at radius 1 is 0.973 bits per heavy atom. The van der Waals surface area contributed by atoms with E-state index in [0.717, 1.165) is 4.47 Å².